The lowest BCUT2D eigenvalue weighted by atomic mass is 10.0. The minimum absolute atomic E-state index is 0.546. The van der Waals surface area contributed by atoms with E-state index < -0.39 is 0 Å². The van der Waals surface area contributed by atoms with Crippen LogP contribution in [0.25, 0.3) is 0 Å². The van der Waals surface area contributed by atoms with Crippen molar-refractivity contribution in [1.82, 2.24) is 4.90 Å². The second kappa shape index (κ2) is 6.44. The Kier molecular flexibility index (Phi) is 4.63. The molecule has 0 spiro atoms. The van der Waals surface area contributed by atoms with Crippen LogP contribution in [-0.4, -0.2) is 24.3 Å². The predicted molar refractivity (Wildman–Crippen MR) is 87.6 cm³/mol. The van der Waals surface area contributed by atoms with Gasteiger partial charge in [0.05, 0.1) is 0 Å². The highest BCUT2D eigenvalue weighted by atomic mass is 16.5. The molecule has 0 heterocycles. The van der Waals surface area contributed by atoms with Crippen LogP contribution in [0.4, 0.5) is 0 Å². The Morgan fingerprint density at radius 2 is 1.76 bits per heavy atom. The lowest BCUT2D eigenvalue weighted by molar-refractivity contribution is 0.478. The molecule has 1 N–H and O–H groups in total. The summed E-state index contributed by atoms with van der Waals surface area (Å²) in [7, 11) is 1.94. The van der Waals surface area contributed by atoms with Gasteiger partial charge in [-0.25, -0.2) is 0 Å². The molecule has 0 radical (unpaired) electrons. The van der Waals surface area contributed by atoms with Crippen LogP contribution in [-0.2, 0) is 0 Å². The number of ether oxygens (including phenoxy) is 1. The third-order valence-electron chi connectivity index (χ3n) is 3.60. The van der Waals surface area contributed by atoms with E-state index in [0.717, 1.165) is 34.7 Å². The second-order valence-electron chi connectivity index (χ2n) is 5.21. The number of nitrogens with zero attached hydrogens (tertiary/aromatic N) is 1. The summed E-state index contributed by atoms with van der Waals surface area (Å²) in [6.07, 6.45) is 0. The Hall–Kier alpha value is -2.29. The molecular formula is C18H22N2O. The second-order valence-corrected chi connectivity index (χ2v) is 5.21. The molecule has 0 aromatic heterocycles. The fraction of sp³-hybridized carbons (Fsp3) is 0.278. The maximum absolute atomic E-state index is 8.25. The maximum atomic E-state index is 8.25. The molecule has 0 aliphatic heterocycles. The van der Waals surface area contributed by atoms with Crippen molar-refractivity contribution in [3.63, 3.8) is 0 Å². The van der Waals surface area contributed by atoms with Crippen molar-refractivity contribution >= 4 is 5.84 Å². The van der Waals surface area contributed by atoms with Gasteiger partial charge in [-0.1, -0.05) is 18.2 Å². The molecule has 0 bridgehead atoms. The Morgan fingerprint density at radius 3 is 2.38 bits per heavy atom. The summed E-state index contributed by atoms with van der Waals surface area (Å²) in [5.74, 6) is 2.22. The molecule has 0 aliphatic carbocycles. The molecule has 110 valence electrons. The largest absolute Gasteiger partial charge is 0.457 e. The Bertz CT molecular complexity index is 635. The zero-order valence-corrected chi connectivity index (χ0v) is 13.1. The SMILES string of the molecule is CCN(C)C(=N)c1cc(C)c(Oc2ccccc2)cc1C. The van der Waals surface area contributed by atoms with Crippen LogP contribution in [0.5, 0.6) is 11.5 Å². The van der Waals surface area contributed by atoms with Crippen molar-refractivity contribution in [3.8, 4) is 11.5 Å². The average molecular weight is 282 g/mol. The number of benzene rings is 2. The number of nitrogens with one attached hydrogen (secondary N) is 1. The molecule has 2 aromatic carbocycles. The van der Waals surface area contributed by atoms with E-state index in [-0.39, 0.29) is 0 Å². The van der Waals surface area contributed by atoms with Crippen LogP contribution in [0, 0.1) is 19.3 Å². The number of hydrogen-bond donors (Lipinski definition) is 1. The molecular weight excluding hydrogens is 260 g/mol. The maximum Gasteiger partial charge on any atom is 0.130 e. The molecule has 0 atom stereocenters. The van der Waals surface area contributed by atoms with Gasteiger partial charge in [0.25, 0.3) is 0 Å². The van der Waals surface area contributed by atoms with E-state index in [2.05, 4.69) is 0 Å². The van der Waals surface area contributed by atoms with Crippen molar-refractivity contribution in [2.75, 3.05) is 13.6 Å². The van der Waals surface area contributed by atoms with Gasteiger partial charge in [0.2, 0.25) is 0 Å². The summed E-state index contributed by atoms with van der Waals surface area (Å²) < 4.78 is 5.93. The summed E-state index contributed by atoms with van der Waals surface area (Å²) in [4.78, 5) is 1.93. The zero-order chi connectivity index (χ0) is 15.4. The predicted octanol–water partition coefficient (Wildman–Crippen LogP) is 4.37. The van der Waals surface area contributed by atoms with Gasteiger partial charge in [-0.15, -0.1) is 0 Å². The number of rotatable bonds is 4. The Balaban J connectivity index is 2.31. The van der Waals surface area contributed by atoms with E-state index in [1.165, 1.54) is 0 Å². The molecule has 21 heavy (non-hydrogen) atoms. The minimum Gasteiger partial charge on any atom is -0.457 e. The summed E-state index contributed by atoms with van der Waals surface area (Å²) in [6.45, 7) is 6.90. The van der Waals surface area contributed by atoms with Crippen molar-refractivity contribution in [1.29, 1.82) is 5.41 Å². The van der Waals surface area contributed by atoms with Gasteiger partial charge >= 0.3 is 0 Å². The van der Waals surface area contributed by atoms with E-state index in [0.29, 0.717) is 5.84 Å². The molecule has 2 aromatic rings. The highest BCUT2D eigenvalue weighted by Crippen LogP contribution is 2.28. The van der Waals surface area contributed by atoms with Crippen LogP contribution in [0.15, 0.2) is 42.5 Å². The van der Waals surface area contributed by atoms with Crippen molar-refractivity contribution < 1.29 is 4.74 Å². The lowest BCUT2D eigenvalue weighted by Gasteiger charge is -2.20. The third kappa shape index (κ3) is 3.43. The van der Waals surface area contributed by atoms with Gasteiger partial charge < -0.3 is 9.64 Å². The topological polar surface area (TPSA) is 36.3 Å². The van der Waals surface area contributed by atoms with E-state index in [1.54, 1.807) is 0 Å². The average Bonchev–Trinajstić information content (AvgIpc) is 2.50. The quantitative estimate of drug-likeness (QED) is 0.667. The van der Waals surface area contributed by atoms with Gasteiger partial charge in [-0.2, -0.15) is 0 Å². The van der Waals surface area contributed by atoms with Crippen LogP contribution in [0.3, 0.4) is 0 Å². The van der Waals surface area contributed by atoms with Crippen molar-refractivity contribution in [2.24, 2.45) is 0 Å². The molecule has 0 fully saturated rings. The summed E-state index contributed by atoms with van der Waals surface area (Å²) in [5, 5.41) is 8.25. The van der Waals surface area contributed by atoms with Crippen LogP contribution < -0.4 is 4.74 Å². The highest BCUT2D eigenvalue weighted by molar-refractivity contribution is 5.98. The molecule has 3 nitrogen and oxygen atoms in total. The van der Waals surface area contributed by atoms with Crippen LogP contribution in [0.1, 0.15) is 23.6 Å². The lowest BCUT2D eigenvalue weighted by Crippen LogP contribution is -2.27. The van der Waals surface area contributed by atoms with Gasteiger partial charge in [0, 0.05) is 19.2 Å². The summed E-state index contributed by atoms with van der Waals surface area (Å²) in [5.41, 5.74) is 3.04. The van der Waals surface area contributed by atoms with E-state index in [1.807, 2.05) is 75.2 Å². The molecule has 0 unspecified atom stereocenters. The highest BCUT2D eigenvalue weighted by Gasteiger charge is 2.12. The minimum atomic E-state index is 0.546. The van der Waals surface area contributed by atoms with Crippen LogP contribution in [0.2, 0.25) is 0 Å². The van der Waals surface area contributed by atoms with Crippen molar-refractivity contribution in [3.05, 3.63) is 59.2 Å². The fourth-order valence-electron chi connectivity index (χ4n) is 2.13. The normalized spacial score (nSPS) is 10.3. The van der Waals surface area contributed by atoms with Crippen LogP contribution >= 0.6 is 0 Å². The number of aryl methyl sites for hydroxylation is 2. The van der Waals surface area contributed by atoms with Gasteiger partial charge in [0.15, 0.2) is 0 Å². The molecule has 0 saturated carbocycles. The molecule has 0 saturated heterocycles. The Labute approximate surface area is 126 Å². The molecule has 0 aliphatic rings. The van der Waals surface area contributed by atoms with Gasteiger partial charge in [0.1, 0.15) is 17.3 Å². The number of amidine groups is 1. The van der Waals surface area contributed by atoms with Gasteiger partial charge in [-0.05, 0) is 56.2 Å². The number of hydrogen-bond acceptors (Lipinski definition) is 2. The third-order valence-corrected chi connectivity index (χ3v) is 3.60. The van der Waals surface area contributed by atoms with E-state index in [4.69, 9.17) is 10.1 Å². The number of para-hydroxylation sites is 1. The Morgan fingerprint density at radius 1 is 1.10 bits per heavy atom. The molecule has 0 amide bonds. The first-order valence-electron chi connectivity index (χ1n) is 7.17. The standard InChI is InChI=1S/C18H22N2O/c1-5-20(4)18(19)16-11-14(3)17(12-13(16)2)21-15-9-7-6-8-10-15/h6-12,19H,5H2,1-4H3. The smallest absolute Gasteiger partial charge is 0.130 e. The fourth-order valence-corrected chi connectivity index (χ4v) is 2.13. The molecule has 3 heteroatoms. The monoisotopic (exact) mass is 282 g/mol. The van der Waals surface area contributed by atoms with Gasteiger partial charge in [-0.3, -0.25) is 5.41 Å². The first-order chi connectivity index (χ1) is 10.0. The van der Waals surface area contributed by atoms with E-state index >= 15 is 0 Å². The first-order valence-corrected chi connectivity index (χ1v) is 7.17. The first kappa shape index (κ1) is 15.1. The summed E-state index contributed by atoms with van der Waals surface area (Å²) in [6, 6.07) is 13.8. The molecule has 2 rings (SSSR count). The summed E-state index contributed by atoms with van der Waals surface area (Å²) >= 11 is 0. The van der Waals surface area contributed by atoms with E-state index in [9.17, 15) is 0 Å². The zero-order valence-electron chi connectivity index (χ0n) is 13.1. The van der Waals surface area contributed by atoms with Crippen molar-refractivity contribution in [2.45, 2.75) is 20.8 Å².